The first-order valence-corrected chi connectivity index (χ1v) is 5.43. The minimum absolute atomic E-state index is 0.0376. The van der Waals surface area contributed by atoms with Crippen molar-refractivity contribution in [1.82, 2.24) is 0 Å². The molecule has 0 atom stereocenters. The number of anilines is 2. The minimum Gasteiger partial charge on any atom is -0.359 e. The zero-order valence-electron chi connectivity index (χ0n) is 9.68. The van der Waals surface area contributed by atoms with Gasteiger partial charge in [-0.05, 0) is 18.2 Å². The van der Waals surface area contributed by atoms with E-state index >= 15 is 0 Å². The van der Waals surface area contributed by atoms with Crippen LogP contribution in [-0.4, -0.2) is 32.6 Å². The van der Waals surface area contributed by atoms with Gasteiger partial charge in [0.05, 0.1) is 29.6 Å². The first kappa shape index (κ1) is 11.4. The summed E-state index contributed by atoms with van der Waals surface area (Å²) in [6.07, 6.45) is 0. The van der Waals surface area contributed by atoms with Crippen LogP contribution in [0.2, 0.25) is 0 Å². The lowest BCUT2D eigenvalue weighted by atomic mass is 10.1. The van der Waals surface area contributed by atoms with E-state index in [0.29, 0.717) is 25.2 Å². The average molecular weight is 230 g/mol. The Bertz CT molecular complexity index is 492. The molecule has 0 aliphatic carbocycles. The van der Waals surface area contributed by atoms with Crippen molar-refractivity contribution in [3.63, 3.8) is 0 Å². The molecule has 5 heteroatoms. The van der Waals surface area contributed by atoms with Crippen molar-refractivity contribution in [1.29, 1.82) is 5.26 Å². The van der Waals surface area contributed by atoms with Gasteiger partial charge < -0.3 is 15.5 Å². The van der Waals surface area contributed by atoms with E-state index in [4.69, 9.17) is 11.0 Å². The maximum absolute atomic E-state index is 11.8. The third kappa shape index (κ3) is 1.95. The maximum atomic E-state index is 11.8. The molecule has 1 aliphatic heterocycles. The number of fused-ring (bicyclic) bond motifs is 1. The van der Waals surface area contributed by atoms with E-state index in [1.54, 1.807) is 30.1 Å². The molecule has 0 aromatic heterocycles. The molecular weight excluding hydrogens is 216 g/mol. The van der Waals surface area contributed by atoms with E-state index in [-0.39, 0.29) is 5.91 Å². The lowest BCUT2D eigenvalue weighted by Gasteiger charge is -2.35. The number of likely N-dealkylation sites (N-methyl/N-ethyl adjacent to an activating group) is 1. The normalized spacial score (nSPS) is 14.5. The van der Waals surface area contributed by atoms with Crippen molar-refractivity contribution in [3.05, 3.63) is 23.8 Å². The number of nitrogens with two attached hydrogens (primary N) is 1. The predicted octanol–water partition coefficient (Wildman–Crippen LogP) is 0.300. The van der Waals surface area contributed by atoms with Crippen molar-refractivity contribution >= 4 is 17.3 Å². The summed E-state index contributed by atoms with van der Waals surface area (Å²) in [6.45, 7) is 1.41. The third-order valence-electron chi connectivity index (χ3n) is 2.91. The summed E-state index contributed by atoms with van der Waals surface area (Å²) in [5.74, 6) is 0.0376. The highest BCUT2D eigenvalue weighted by Crippen LogP contribution is 2.33. The second-order valence-corrected chi connectivity index (χ2v) is 3.98. The van der Waals surface area contributed by atoms with Crippen LogP contribution in [0.1, 0.15) is 5.56 Å². The molecule has 0 unspecified atom stereocenters. The Morgan fingerprint density at radius 3 is 2.88 bits per heavy atom. The van der Waals surface area contributed by atoms with E-state index < -0.39 is 0 Å². The topological polar surface area (TPSA) is 73.4 Å². The Balaban J connectivity index is 2.49. The second kappa shape index (κ2) is 4.44. The Kier molecular flexibility index (Phi) is 2.98. The van der Waals surface area contributed by atoms with Crippen molar-refractivity contribution in [2.24, 2.45) is 5.73 Å². The number of rotatable bonds is 2. The van der Waals surface area contributed by atoms with Crippen molar-refractivity contribution in [2.45, 2.75) is 0 Å². The molecule has 0 saturated carbocycles. The van der Waals surface area contributed by atoms with Crippen LogP contribution in [0.5, 0.6) is 0 Å². The number of carbonyl (C=O) groups excluding carboxylic acids is 1. The fraction of sp³-hybridized carbons (Fsp3) is 0.333. The molecule has 1 aromatic carbocycles. The highest BCUT2D eigenvalue weighted by molar-refractivity contribution is 6.02. The number of benzene rings is 1. The van der Waals surface area contributed by atoms with Crippen LogP contribution in [0, 0.1) is 11.3 Å². The molecule has 0 radical (unpaired) electrons. The molecule has 1 amide bonds. The van der Waals surface area contributed by atoms with Crippen LogP contribution in [0.25, 0.3) is 0 Å². The standard InChI is InChI=1S/C12H14N4O/c1-15-10-3-2-9(7-14)6-11(10)16(5-4-13)8-12(15)17/h2-3,6H,4-5,8,13H2,1H3. The smallest absolute Gasteiger partial charge is 0.246 e. The number of hydrogen-bond donors (Lipinski definition) is 1. The summed E-state index contributed by atoms with van der Waals surface area (Å²) in [7, 11) is 1.74. The Morgan fingerprint density at radius 2 is 2.24 bits per heavy atom. The van der Waals surface area contributed by atoms with Gasteiger partial charge in [-0.15, -0.1) is 0 Å². The molecule has 88 valence electrons. The summed E-state index contributed by atoms with van der Waals surface area (Å²) in [5.41, 5.74) is 7.85. The zero-order valence-corrected chi connectivity index (χ0v) is 9.68. The molecular formula is C12H14N4O. The molecule has 0 bridgehead atoms. The fourth-order valence-corrected chi connectivity index (χ4v) is 1.97. The number of nitriles is 1. The molecule has 17 heavy (non-hydrogen) atoms. The molecule has 1 heterocycles. The number of hydrogen-bond acceptors (Lipinski definition) is 4. The van der Waals surface area contributed by atoms with Crippen molar-refractivity contribution < 1.29 is 4.79 Å². The van der Waals surface area contributed by atoms with Gasteiger partial charge in [0.15, 0.2) is 0 Å². The van der Waals surface area contributed by atoms with Gasteiger partial charge in [0.25, 0.3) is 0 Å². The highest BCUT2D eigenvalue weighted by Gasteiger charge is 2.26. The summed E-state index contributed by atoms with van der Waals surface area (Å²) in [6, 6.07) is 7.42. The zero-order chi connectivity index (χ0) is 12.4. The largest absolute Gasteiger partial charge is 0.359 e. The average Bonchev–Trinajstić information content (AvgIpc) is 2.35. The quantitative estimate of drug-likeness (QED) is 0.793. The lowest BCUT2D eigenvalue weighted by Crippen LogP contribution is -2.45. The van der Waals surface area contributed by atoms with Gasteiger partial charge in [-0.3, -0.25) is 4.79 Å². The summed E-state index contributed by atoms with van der Waals surface area (Å²) < 4.78 is 0. The van der Waals surface area contributed by atoms with Gasteiger partial charge in [-0.2, -0.15) is 5.26 Å². The van der Waals surface area contributed by atoms with Gasteiger partial charge in [0.2, 0.25) is 5.91 Å². The van der Waals surface area contributed by atoms with E-state index in [2.05, 4.69) is 6.07 Å². The van der Waals surface area contributed by atoms with Crippen molar-refractivity contribution in [3.8, 4) is 6.07 Å². The highest BCUT2D eigenvalue weighted by atomic mass is 16.2. The molecule has 5 nitrogen and oxygen atoms in total. The summed E-state index contributed by atoms with van der Waals surface area (Å²) >= 11 is 0. The first-order valence-electron chi connectivity index (χ1n) is 5.43. The SMILES string of the molecule is CN1C(=O)CN(CCN)c2cc(C#N)ccc21. The molecule has 2 N–H and O–H groups in total. The van der Waals surface area contributed by atoms with E-state index in [9.17, 15) is 4.79 Å². The van der Waals surface area contributed by atoms with Crippen LogP contribution in [-0.2, 0) is 4.79 Å². The molecule has 1 aliphatic rings. The first-order chi connectivity index (χ1) is 8.17. The van der Waals surface area contributed by atoms with Crippen LogP contribution in [0.4, 0.5) is 11.4 Å². The maximum Gasteiger partial charge on any atom is 0.246 e. The molecule has 1 aromatic rings. The van der Waals surface area contributed by atoms with Crippen LogP contribution >= 0.6 is 0 Å². The molecule has 2 rings (SSSR count). The molecule has 0 saturated heterocycles. The minimum atomic E-state index is 0.0376. The molecule has 0 spiro atoms. The van der Waals surface area contributed by atoms with Gasteiger partial charge in [-0.25, -0.2) is 0 Å². The van der Waals surface area contributed by atoms with E-state index in [1.807, 2.05) is 4.90 Å². The number of nitrogens with zero attached hydrogens (tertiary/aromatic N) is 3. The Hall–Kier alpha value is -2.06. The van der Waals surface area contributed by atoms with Gasteiger partial charge >= 0.3 is 0 Å². The van der Waals surface area contributed by atoms with Crippen LogP contribution < -0.4 is 15.5 Å². The monoisotopic (exact) mass is 230 g/mol. The number of carbonyl (C=O) groups is 1. The Morgan fingerprint density at radius 1 is 1.47 bits per heavy atom. The van der Waals surface area contributed by atoms with Gasteiger partial charge in [-0.1, -0.05) is 0 Å². The lowest BCUT2D eigenvalue weighted by molar-refractivity contribution is -0.117. The van der Waals surface area contributed by atoms with Gasteiger partial charge in [0, 0.05) is 20.1 Å². The fourth-order valence-electron chi connectivity index (χ4n) is 1.97. The second-order valence-electron chi connectivity index (χ2n) is 3.98. The van der Waals surface area contributed by atoms with E-state index in [0.717, 1.165) is 11.4 Å². The van der Waals surface area contributed by atoms with Crippen molar-refractivity contribution in [2.75, 3.05) is 36.5 Å². The Labute approximate surface area is 100 Å². The summed E-state index contributed by atoms with van der Waals surface area (Å²) in [4.78, 5) is 15.3. The van der Waals surface area contributed by atoms with Gasteiger partial charge in [0.1, 0.15) is 0 Å². The van der Waals surface area contributed by atoms with E-state index in [1.165, 1.54) is 0 Å². The van der Waals surface area contributed by atoms with Crippen LogP contribution in [0.15, 0.2) is 18.2 Å². The third-order valence-corrected chi connectivity index (χ3v) is 2.91. The molecule has 0 fully saturated rings. The number of amides is 1. The summed E-state index contributed by atoms with van der Waals surface area (Å²) in [5, 5.41) is 8.90. The van der Waals surface area contributed by atoms with Crippen LogP contribution in [0.3, 0.4) is 0 Å². The predicted molar refractivity (Wildman–Crippen MR) is 65.8 cm³/mol.